The van der Waals surface area contributed by atoms with Gasteiger partial charge in [-0.3, -0.25) is 4.79 Å². The molecule has 1 aliphatic heterocycles. The van der Waals surface area contributed by atoms with Crippen molar-refractivity contribution in [3.8, 4) is 0 Å². The topological polar surface area (TPSA) is 75.9 Å². The summed E-state index contributed by atoms with van der Waals surface area (Å²) in [5, 5.41) is 11.7. The van der Waals surface area contributed by atoms with E-state index in [9.17, 15) is 4.79 Å². The fourth-order valence-electron chi connectivity index (χ4n) is 2.95. The SMILES string of the molecule is CC(C)c1nnc2n1CC(NC(=O)c1ccc(N(C)C)nc1)CC2. The zero-order valence-electron chi connectivity index (χ0n) is 14.7. The lowest BCUT2D eigenvalue weighted by molar-refractivity contribution is 0.0927. The minimum atomic E-state index is -0.0829. The minimum Gasteiger partial charge on any atom is -0.363 e. The molecule has 1 unspecified atom stereocenters. The van der Waals surface area contributed by atoms with Gasteiger partial charge in [0.15, 0.2) is 0 Å². The summed E-state index contributed by atoms with van der Waals surface area (Å²) in [5.41, 5.74) is 0.583. The van der Waals surface area contributed by atoms with Gasteiger partial charge in [-0.05, 0) is 18.6 Å². The third kappa shape index (κ3) is 3.25. The van der Waals surface area contributed by atoms with Crippen molar-refractivity contribution in [1.29, 1.82) is 0 Å². The molecule has 7 heteroatoms. The van der Waals surface area contributed by atoms with Gasteiger partial charge in [0.2, 0.25) is 0 Å². The van der Waals surface area contributed by atoms with Crippen LogP contribution in [0.3, 0.4) is 0 Å². The number of hydrogen-bond donors (Lipinski definition) is 1. The van der Waals surface area contributed by atoms with E-state index in [-0.39, 0.29) is 11.9 Å². The summed E-state index contributed by atoms with van der Waals surface area (Å²) in [6.07, 6.45) is 3.34. The number of aryl methyl sites for hydroxylation is 1. The van der Waals surface area contributed by atoms with Gasteiger partial charge in [-0.25, -0.2) is 4.98 Å². The molecule has 0 fully saturated rings. The van der Waals surface area contributed by atoms with Crippen molar-refractivity contribution >= 4 is 11.7 Å². The second kappa shape index (κ2) is 6.59. The van der Waals surface area contributed by atoms with Gasteiger partial charge in [0, 0.05) is 45.2 Å². The summed E-state index contributed by atoms with van der Waals surface area (Å²) < 4.78 is 2.15. The maximum absolute atomic E-state index is 12.5. The molecule has 1 aliphatic rings. The summed E-state index contributed by atoms with van der Waals surface area (Å²) in [6, 6.07) is 3.75. The first-order chi connectivity index (χ1) is 11.5. The van der Waals surface area contributed by atoms with Crippen molar-refractivity contribution < 1.29 is 4.79 Å². The lowest BCUT2D eigenvalue weighted by atomic mass is 10.1. The van der Waals surface area contributed by atoms with Crippen molar-refractivity contribution in [2.75, 3.05) is 19.0 Å². The molecule has 7 nitrogen and oxygen atoms in total. The fraction of sp³-hybridized carbons (Fsp3) is 0.529. The Labute approximate surface area is 142 Å². The largest absolute Gasteiger partial charge is 0.363 e. The number of nitrogens with zero attached hydrogens (tertiary/aromatic N) is 5. The van der Waals surface area contributed by atoms with Gasteiger partial charge < -0.3 is 14.8 Å². The van der Waals surface area contributed by atoms with Crippen LogP contribution in [0.15, 0.2) is 18.3 Å². The highest BCUT2D eigenvalue weighted by Gasteiger charge is 2.25. The molecule has 0 aromatic carbocycles. The molecular formula is C17H24N6O. The van der Waals surface area contributed by atoms with E-state index in [1.807, 2.05) is 31.1 Å². The van der Waals surface area contributed by atoms with Gasteiger partial charge >= 0.3 is 0 Å². The third-order valence-corrected chi connectivity index (χ3v) is 4.30. The molecule has 2 aromatic rings. The van der Waals surface area contributed by atoms with Crippen LogP contribution in [0, 0.1) is 0 Å². The molecule has 0 aliphatic carbocycles. The fourth-order valence-corrected chi connectivity index (χ4v) is 2.95. The van der Waals surface area contributed by atoms with Gasteiger partial charge in [-0.1, -0.05) is 13.8 Å². The number of amides is 1. The Morgan fingerprint density at radius 3 is 2.75 bits per heavy atom. The average Bonchev–Trinajstić information content (AvgIpc) is 2.98. The van der Waals surface area contributed by atoms with E-state index in [1.54, 1.807) is 6.20 Å². The Bertz CT molecular complexity index is 719. The smallest absolute Gasteiger partial charge is 0.253 e. The zero-order chi connectivity index (χ0) is 17.3. The lowest BCUT2D eigenvalue weighted by Crippen LogP contribution is -2.41. The summed E-state index contributed by atoms with van der Waals surface area (Å²) in [6.45, 7) is 4.94. The molecule has 1 amide bonds. The molecule has 0 radical (unpaired) electrons. The molecule has 24 heavy (non-hydrogen) atoms. The normalized spacial score (nSPS) is 16.8. The Morgan fingerprint density at radius 2 is 2.12 bits per heavy atom. The molecule has 1 N–H and O–H groups in total. The standard InChI is InChI=1S/C17H24N6O/c1-11(2)16-21-20-15-8-6-13(10-23(15)16)19-17(24)12-5-7-14(18-9-12)22(3)4/h5,7,9,11,13H,6,8,10H2,1-4H3,(H,19,24). The highest BCUT2D eigenvalue weighted by molar-refractivity contribution is 5.94. The van der Waals surface area contributed by atoms with Crippen LogP contribution in [0.4, 0.5) is 5.82 Å². The van der Waals surface area contributed by atoms with Crippen LogP contribution in [0.2, 0.25) is 0 Å². The number of carbonyl (C=O) groups is 1. The van der Waals surface area contributed by atoms with Crippen LogP contribution in [0.5, 0.6) is 0 Å². The number of carbonyl (C=O) groups excluding carboxylic acids is 1. The van der Waals surface area contributed by atoms with E-state index in [1.165, 1.54) is 0 Å². The number of fused-ring (bicyclic) bond motifs is 1. The Kier molecular flexibility index (Phi) is 4.51. The summed E-state index contributed by atoms with van der Waals surface area (Å²) in [5.74, 6) is 3.07. The van der Waals surface area contributed by atoms with Crippen LogP contribution < -0.4 is 10.2 Å². The maximum Gasteiger partial charge on any atom is 0.253 e. The lowest BCUT2D eigenvalue weighted by Gasteiger charge is -2.26. The molecule has 0 spiro atoms. The molecule has 0 saturated carbocycles. The molecule has 2 aromatic heterocycles. The van der Waals surface area contributed by atoms with Crippen LogP contribution in [-0.4, -0.2) is 45.8 Å². The second-order valence-electron chi connectivity index (χ2n) is 6.75. The molecule has 128 valence electrons. The third-order valence-electron chi connectivity index (χ3n) is 4.30. The zero-order valence-corrected chi connectivity index (χ0v) is 14.7. The second-order valence-corrected chi connectivity index (χ2v) is 6.75. The molecule has 3 heterocycles. The van der Waals surface area contributed by atoms with Gasteiger partial charge in [0.05, 0.1) is 5.56 Å². The van der Waals surface area contributed by atoms with Crippen molar-refractivity contribution in [3.05, 3.63) is 35.5 Å². The number of hydrogen-bond acceptors (Lipinski definition) is 5. The molecule has 3 rings (SSSR count). The van der Waals surface area contributed by atoms with Gasteiger partial charge in [-0.15, -0.1) is 10.2 Å². The van der Waals surface area contributed by atoms with E-state index in [0.717, 1.165) is 36.9 Å². The maximum atomic E-state index is 12.5. The molecule has 0 bridgehead atoms. The quantitative estimate of drug-likeness (QED) is 0.923. The van der Waals surface area contributed by atoms with Crippen LogP contribution in [-0.2, 0) is 13.0 Å². The predicted octanol–water partition coefficient (Wildman–Crippen LogP) is 1.61. The van der Waals surface area contributed by atoms with E-state index < -0.39 is 0 Å². The van der Waals surface area contributed by atoms with Crippen LogP contribution in [0.1, 0.15) is 48.2 Å². The van der Waals surface area contributed by atoms with E-state index >= 15 is 0 Å². The van der Waals surface area contributed by atoms with Crippen molar-refractivity contribution in [2.45, 2.75) is 45.2 Å². The summed E-state index contributed by atoms with van der Waals surface area (Å²) in [4.78, 5) is 18.7. The van der Waals surface area contributed by atoms with E-state index in [0.29, 0.717) is 11.5 Å². The molecule has 1 atom stereocenters. The number of rotatable bonds is 4. The van der Waals surface area contributed by atoms with Gasteiger partial charge in [0.25, 0.3) is 5.91 Å². The van der Waals surface area contributed by atoms with Crippen LogP contribution in [0.25, 0.3) is 0 Å². The molecule has 0 saturated heterocycles. The highest BCUT2D eigenvalue weighted by atomic mass is 16.1. The van der Waals surface area contributed by atoms with Gasteiger partial charge in [0.1, 0.15) is 17.5 Å². The van der Waals surface area contributed by atoms with Crippen molar-refractivity contribution in [3.63, 3.8) is 0 Å². The first-order valence-electron chi connectivity index (χ1n) is 8.32. The Hall–Kier alpha value is -2.44. The first kappa shape index (κ1) is 16.4. The predicted molar refractivity (Wildman–Crippen MR) is 92.3 cm³/mol. The van der Waals surface area contributed by atoms with E-state index in [4.69, 9.17) is 0 Å². The number of nitrogens with one attached hydrogen (secondary N) is 1. The summed E-state index contributed by atoms with van der Waals surface area (Å²) >= 11 is 0. The number of aromatic nitrogens is 4. The number of anilines is 1. The first-order valence-corrected chi connectivity index (χ1v) is 8.32. The monoisotopic (exact) mass is 328 g/mol. The molecular weight excluding hydrogens is 304 g/mol. The Balaban J connectivity index is 1.68. The van der Waals surface area contributed by atoms with Crippen molar-refractivity contribution in [1.82, 2.24) is 25.1 Å². The average molecular weight is 328 g/mol. The van der Waals surface area contributed by atoms with Gasteiger partial charge in [-0.2, -0.15) is 0 Å². The van der Waals surface area contributed by atoms with E-state index in [2.05, 4.69) is 38.9 Å². The number of pyridine rings is 1. The summed E-state index contributed by atoms with van der Waals surface area (Å²) in [7, 11) is 3.85. The Morgan fingerprint density at radius 1 is 1.33 bits per heavy atom. The van der Waals surface area contributed by atoms with Crippen molar-refractivity contribution in [2.24, 2.45) is 0 Å². The minimum absolute atomic E-state index is 0.0829. The highest BCUT2D eigenvalue weighted by Crippen LogP contribution is 2.20. The van der Waals surface area contributed by atoms with Crippen LogP contribution >= 0.6 is 0 Å².